The van der Waals surface area contributed by atoms with Crippen LogP contribution in [0.4, 0.5) is 0 Å². The Bertz CT molecular complexity index is 440. The number of methoxy groups -OCH3 is 1. The van der Waals surface area contributed by atoms with Gasteiger partial charge < -0.3 is 10.5 Å². The van der Waals surface area contributed by atoms with Crippen molar-refractivity contribution in [2.45, 2.75) is 6.04 Å². The van der Waals surface area contributed by atoms with E-state index in [1.165, 1.54) is 0 Å². The summed E-state index contributed by atoms with van der Waals surface area (Å²) in [5, 5.41) is 7.90. The molecule has 0 saturated heterocycles. The summed E-state index contributed by atoms with van der Waals surface area (Å²) in [4.78, 5) is 0. The summed E-state index contributed by atoms with van der Waals surface area (Å²) in [5.41, 5.74) is 7.75. The molecule has 5 heteroatoms. The molecule has 0 amide bonds. The fraction of sp³-hybridized carbons (Fsp3) is 0.273. The summed E-state index contributed by atoms with van der Waals surface area (Å²) >= 11 is 0. The molecule has 0 saturated carbocycles. The first-order chi connectivity index (χ1) is 7.83. The van der Waals surface area contributed by atoms with Gasteiger partial charge in [0.15, 0.2) is 0 Å². The van der Waals surface area contributed by atoms with Gasteiger partial charge in [-0.1, -0.05) is 23.4 Å². The van der Waals surface area contributed by atoms with Crippen molar-refractivity contribution >= 4 is 0 Å². The number of benzene rings is 1. The lowest BCUT2D eigenvalue weighted by atomic mass is 10.2. The maximum absolute atomic E-state index is 5.96. The Labute approximate surface area is 93.8 Å². The van der Waals surface area contributed by atoms with Gasteiger partial charge in [-0.05, 0) is 12.1 Å². The highest BCUT2D eigenvalue weighted by Crippen LogP contribution is 2.14. The first-order valence-corrected chi connectivity index (χ1v) is 5.03. The number of hydrogen-bond acceptors (Lipinski definition) is 4. The molecule has 5 nitrogen and oxygen atoms in total. The second-order valence-electron chi connectivity index (χ2n) is 3.47. The molecule has 0 aliphatic carbocycles. The van der Waals surface area contributed by atoms with Gasteiger partial charge in [0.05, 0.1) is 30.2 Å². The average Bonchev–Trinajstić information content (AvgIpc) is 2.79. The number of hydrogen-bond donors (Lipinski definition) is 1. The van der Waals surface area contributed by atoms with Crippen LogP contribution in [0.3, 0.4) is 0 Å². The molecule has 1 unspecified atom stereocenters. The average molecular weight is 218 g/mol. The first-order valence-electron chi connectivity index (χ1n) is 5.03. The minimum Gasteiger partial charge on any atom is -0.383 e. The van der Waals surface area contributed by atoms with Crippen LogP contribution in [0.1, 0.15) is 11.7 Å². The van der Waals surface area contributed by atoms with Gasteiger partial charge in [0.25, 0.3) is 0 Å². The molecule has 1 atom stereocenters. The lowest BCUT2D eigenvalue weighted by Gasteiger charge is -2.11. The van der Waals surface area contributed by atoms with E-state index in [0.717, 1.165) is 11.4 Å². The largest absolute Gasteiger partial charge is 0.383 e. The molecule has 2 rings (SSSR count). The van der Waals surface area contributed by atoms with E-state index in [1.807, 2.05) is 30.3 Å². The molecule has 1 aromatic heterocycles. The van der Waals surface area contributed by atoms with Crippen LogP contribution in [0.15, 0.2) is 36.5 Å². The van der Waals surface area contributed by atoms with E-state index < -0.39 is 0 Å². The maximum Gasteiger partial charge on any atom is 0.0836 e. The van der Waals surface area contributed by atoms with Crippen LogP contribution in [-0.2, 0) is 4.74 Å². The quantitative estimate of drug-likeness (QED) is 0.828. The van der Waals surface area contributed by atoms with Gasteiger partial charge in [-0.15, -0.1) is 5.10 Å². The second-order valence-corrected chi connectivity index (χ2v) is 3.47. The van der Waals surface area contributed by atoms with E-state index in [9.17, 15) is 0 Å². The Morgan fingerprint density at radius 1 is 1.38 bits per heavy atom. The van der Waals surface area contributed by atoms with E-state index in [1.54, 1.807) is 18.0 Å². The highest BCUT2D eigenvalue weighted by Gasteiger charge is 2.13. The molecule has 84 valence electrons. The molecule has 0 radical (unpaired) electrons. The number of aromatic nitrogens is 3. The zero-order chi connectivity index (χ0) is 11.4. The Morgan fingerprint density at radius 2 is 2.12 bits per heavy atom. The predicted molar refractivity (Wildman–Crippen MR) is 60.2 cm³/mol. The van der Waals surface area contributed by atoms with Gasteiger partial charge in [-0.3, -0.25) is 0 Å². The second kappa shape index (κ2) is 4.87. The third-order valence-corrected chi connectivity index (χ3v) is 2.30. The highest BCUT2D eigenvalue weighted by molar-refractivity contribution is 5.32. The van der Waals surface area contributed by atoms with Crippen molar-refractivity contribution in [1.29, 1.82) is 0 Å². The van der Waals surface area contributed by atoms with Crippen LogP contribution in [0.5, 0.6) is 0 Å². The van der Waals surface area contributed by atoms with Crippen LogP contribution in [0.25, 0.3) is 5.69 Å². The topological polar surface area (TPSA) is 66.0 Å². The van der Waals surface area contributed by atoms with Crippen molar-refractivity contribution in [3.8, 4) is 5.69 Å². The molecule has 1 heterocycles. The summed E-state index contributed by atoms with van der Waals surface area (Å²) in [7, 11) is 1.62. The molecule has 2 aromatic rings. The molecular formula is C11H14N4O. The lowest BCUT2D eigenvalue weighted by molar-refractivity contribution is 0.179. The predicted octanol–water partition coefficient (Wildman–Crippen LogP) is 0.913. The zero-order valence-electron chi connectivity index (χ0n) is 9.08. The lowest BCUT2D eigenvalue weighted by Crippen LogP contribution is -2.19. The number of rotatable bonds is 4. The van der Waals surface area contributed by atoms with Crippen LogP contribution < -0.4 is 5.73 Å². The summed E-state index contributed by atoms with van der Waals surface area (Å²) < 4.78 is 6.75. The number of ether oxygens (including phenoxy) is 1. The Kier molecular flexibility index (Phi) is 3.28. The first kappa shape index (κ1) is 10.8. The molecule has 0 aliphatic heterocycles. The number of nitrogens with two attached hydrogens (primary N) is 1. The minimum atomic E-state index is -0.222. The van der Waals surface area contributed by atoms with Crippen molar-refractivity contribution in [2.75, 3.05) is 13.7 Å². The van der Waals surface area contributed by atoms with E-state index in [2.05, 4.69) is 10.3 Å². The Hall–Kier alpha value is -1.72. The SMILES string of the molecule is COCC(N)c1cnnn1-c1ccccc1. The third kappa shape index (κ3) is 2.10. The van der Waals surface area contributed by atoms with Gasteiger partial charge >= 0.3 is 0 Å². The summed E-state index contributed by atoms with van der Waals surface area (Å²) in [6.45, 7) is 0.445. The number of nitrogens with zero attached hydrogens (tertiary/aromatic N) is 3. The molecule has 0 bridgehead atoms. The van der Waals surface area contributed by atoms with E-state index in [4.69, 9.17) is 10.5 Å². The molecule has 0 aliphatic rings. The van der Waals surface area contributed by atoms with Crippen molar-refractivity contribution in [1.82, 2.24) is 15.0 Å². The van der Waals surface area contributed by atoms with Gasteiger partial charge in [0.1, 0.15) is 0 Å². The summed E-state index contributed by atoms with van der Waals surface area (Å²) in [6.07, 6.45) is 1.66. The van der Waals surface area contributed by atoms with Crippen molar-refractivity contribution < 1.29 is 4.74 Å². The maximum atomic E-state index is 5.96. The summed E-state index contributed by atoms with van der Waals surface area (Å²) in [6, 6.07) is 9.54. The minimum absolute atomic E-state index is 0.222. The third-order valence-electron chi connectivity index (χ3n) is 2.30. The van der Waals surface area contributed by atoms with E-state index >= 15 is 0 Å². The smallest absolute Gasteiger partial charge is 0.0836 e. The normalized spacial score (nSPS) is 12.6. The molecule has 1 aromatic carbocycles. The van der Waals surface area contributed by atoms with Crippen molar-refractivity contribution in [3.05, 3.63) is 42.2 Å². The molecule has 0 fully saturated rings. The molecule has 0 spiro atoms. The highest BCUT2D eigenvalue weighted by atomic mass is 16.5. The van der Waals surface area contributed by atoms with E-state index in [0.29, 0.717) is 6.61 Å². The molecular weight excluding hydrogens is 204 g/mol. The van der Waals surface area contributed by atoms with Crippen LogP contribution in [0.2, 0.25) is 0 Å². The number of para-hydroxylation sites is 1. The zero-order valence-corrected chi connectivity index (χ0v) is 9.08. The van der Waals surface area contributed by atoms with Crippen molar-refractivity contribution in [2.24, 2.45) is 5.73 Å². The Morgan fingerprint density at radius 3 is 2.81 bits per heavy atom. The monoisotopic (exact) mass is 218 g/mol. The van der Waals surface area contributed by atoms with Crippen LogP contribution in [0, 0.1) is 0 Å². The van der Waals surface area contributed by atoms with Crippen molar-refractivity contribution in [3.63, 3.8) is 0 Å². The van der Waals surface area contributed by atoms with Crippen LogP contribution >= 0.6 is 0 Å². The molecule has 2 N–H and O–H groups in total. The van der Waals surface area contributed by atoms with Gasteiger partial charge in [-0.2, -0.15) is 0 Å². The van der Waals surface area contributed by atoms with E-state index in [-0.39, 0.29) is 6.04 Å². The standard InChI is InChI=1S/C11H14N4O/c1-16-8-10(12)11-7-13-14-15(11)9-5-3-2-4-6-9/h2-7,10H,8,12H2,1H3. The van der Waals surface area contributed by atoms with Gasteiger partial charge in [0, 0.05) is 7.11 Å². The fourth-order valence-corrected chi connectivity index (χ4v) is 1.53. The van der Waals surface area contributed by atoms with Gasteiger partial charge in [0.2, 0.25) is 0 Å². The summed E-state index contributed by atoms with van der Waals surface area (Å²) in [5.74, 6) is 0. The Balaban J connectivity index is 2.33. The molecule has 16 heavy (non-hydrogen) atoms. The van der Waals surface area contributed by atoms with Crippen LogP contribution in [-0.4, -0.2) is 28.7 Å². The van der Waals surface area contributed by atoms with Gasteiger partial charge in [-0.25, -0.2) is 4.68 Å². The fourth-order valence-electron chi connectivity index (χ4n) is 1.53.